The molecular weight excluding hydrogens is 280 g/mol. The number of hydrogen-bond acceptors (Lipinski definition) is 1. The molecule has 0 bridgehead atoms. The van der Waals surface area contributed by atoms with Crippen molar-refractivity contribution in [2.75, 3.05) is 6.61 Å². The first-order chi connectivity index (χ1) is 11.3. The molecule has 1 aromatic carbocycles. The molecule has 0 aliphatic heterocycles. The van der Waals surface area contributed by atoms with E-state index >= 15 is 0 Å². The standard InChI is InChI=1S/C22H32O/c1-3-5-7-17-23-18-20-11-15-22(16-12-20)21-13-9-19(10-14-21)8-6-4-2/h3,5-6,8,11-12,15-16,19,21H,4,7,9-10,13-14,17-18H2,1-2H3. The summed E-state index contributed by atoms with van der Waals surface area (Å²) in [6.07, 6.45) is 16.5. The predicted molar refractivity (Wildman–Crippen MR) is 99.7 cm³/mol. The van der Waals surface area contributed by atoms with Gasteiger partial charge in [0.05, 0.1) is 13.2 Å². The Labute approximate surface area is 142 Å². The molecule has 1 aromatic rings. The molecule has 1 nitrogen and oxygen atoms in total. The van der Waals surface area contributed by atoms with Crippen molar-refractivity contribution in [3.05, 3.63) is 59.7 Å². The van der Waals surface area contributed by atoms with Gasteiger partial charge in [0.25, 0.3) is 0 Å². The van der Waals surface area contributed by atoms with Gasteiger partial charge in [-0.25, -0.2) is 0 Å². The third kappa shape index (κ3) is 6.35. The van der Waals surface area contributed by atoms with Crippen LogP contribution in [0.4, 0.5) is 0 Å². The Bertz CT molecular complexity index is 475. The van der Waals surface area contributed by atoms with Gasteiger partial charge in [0.2, 0.25) is 0 Å². The minimum atomic E-state index is 0.729. The molecule has 2 rings (SSSR count). The Morgan fingerprint density at radius 3 is 2.43 bits per heavy atom. The minimum Gasteiger partial charge on any atom is -0.376 e. The molecule has 0 N–H and O–H groups in total. The van der Waals surface area contributed by atoms with E-state index in [9.17, 15) is 0 Å². The molecule has 23 heavy (non-hydrogen) atoms. The Hall–Kier alpha value is -1.34. The summed E-state index contributed by atoms with van der Waals surface area (Å²) in [6, 6.07) is 9.12. The summed E-state index contributed by atoms with van der Waals surface area (Å²) in [6.45, 7) is 5.80. The third-order valence-electron chi connectivity index (χ3n) is 4.80. The number of benzene rings is 1. The summed E-state index contributed by atoms with van der Waals surface area (Å²) >= 11 is 0. The maximum absolute atomic E-state index is 5.70. The van der Waals surface area contributed by atoms with E-state index in [0.29, 0.717) is 0 Å². The molecule has 0 atom stereocenters. The molecule has 1 heteroatoms. The SMILES string of the molecule is CC=CCCOCc1ccc(C2CCC(C=CCC)CC2)cc1. The van der Waals surface area contributed by atoms with E-state index in [1.165, 1.54) is 36.8 Å². The zero-order chi connectivity index (χ0) is 16.3. The van der Waals surface area contributed by atoms with Crippen LogP contribution in [0.15, 0.2) is 48.6 Å². The molecule has 0 heterocycles. The second-order valence-electron chi connectivity index (χ2n) is 6.60. The first-order valence-corrected chi connectivity index (χ1v) is 9.27. The molecule has 0 unspecified atom stereocenters. The molecule has 0 radical (unpaired) electrons. The minimum absolute atomic E-state index is 0.729. The first kappa shape index (κ1) is 18.0. The lowest BCUT2D eigenvalue weighted by Crippen LogP contribution is -2.11. The highest BCUT2D eigenvalue weighted by Crippen LogP contribution is 2.36. The van der Waals surface area contributed by atoms with Crippen molar-refractivity contribution >= 4 is 0 Å². The largest absolute Gasteiger partial charge is 0.376 e. The zero-order valence-electron chi connectivity index (χ0n) is 14.8. The number of ether oxygens (including phenoxy) is 1. The molecule has 0 aromatic heterocycles. The van der Waals surface area contributed by atoms with Crippen LogP contribution in [0.2, 0.25) is 0 Å². The third-order valence-corrected chi connectivity index (χ3v) is 4.80. The summed E-state index contributed by atoms with van der Waals surface area (Å²) in [5.41, 5.74) is 2.80. The van der Waals surface area contributed by atoms with E-state index in [-0.39, 0.29) is 0 Å². The molecule has 1 fully saturated rings. The number of hydrogen-bond donors (Lipinski definition) is 0. The van der Waals surface area contributed by atoms with Gasteiger partial charge >= 0.3 is 0 Å². The van der Waals surface area contributed by atoms with E-state index in [1.807, 2.05) is 6.92 Å². The fourth-order valence-corrected chi connectivity index (χ4v) is 3.37. The van der Waals surface area contributed by atoms with Crippen LogP contribution in [0.5, 0.6) is 0 Å². The average Bonchev–Trinajstić information content (AvgIpc) is 2.61. The molecule has 0 spiro atoms. The Kier molecular flexibility index (Phi) is 8.17. The van der Waals surface area contributed by atoms with Gasteiger partial charge in [-0.05, 0) is 68.4 Å². The van der Waals surface area contributed by atoms with Crippen LogP contribution in [0, 0.1) is 5.92 Å². The second kappa shape index (κ2) is 10.4. The monoisotopic (exact) mass is 312 g/mol. The molecular formula is C22H32O. The van der Waals surface area contributed by atoms with Crippen molar-refractivity contribution in [2.45, 2.75) is 64.9 Å². The van der Waals surface area contributed by atoms with Crippen LogP contribution in [-0.4, -0.2) is 6.61 Å². The van der Waals surface area contributed by atoms with Gasteiger partial charge in [-0.15, -0.1) is 0 Å². The van der Waals surface area contributed by atoms with Crippen LogP contribution in [-0.2, 0) is 11.3 Å². The average molecular weight is 312 g/mol. The Morgan fingerprint density at radius 2 is 1.78 bits per heavy atom. The summed E-state index contributed by atoms with van der Waals surface area (Å²) < 4.78 is 5.70. The smallest absolute Gasteiger partial charge is 0.0717 e. The predicted octanol–water partition coefficient (Wildman–Crippen LogP) is 6.41. The quantitative estimate of drug-likeness (QED) is 0.398. The van der Waals surface area contributed by atoms with E-state index < -0.39 is 0 Å². The second-order valence-corrected chi connectivity index (χ2v) is 6.60. The van der Waals surface area contributed by atoms with Crippen molar-refractivity contribution in [3.63, 3.8) is 0 Å². The summed E-state index contributed by atoms with van der Waals surface area (Å²) in [4.78, 5) is 0. The van der Waals surface area contributed by atoms with E-state index in [4.69, 9.17) is 4.74 Å². The molecule has 1 aliphatic carbocycles. The molecule has 1 saturated carbocycles. The Balaban J connectivity index is 1.75. The Morgan fingerprint density at radius 1 is 1.04 bits per heavy atom. The zero-order valence-corrected chi connectivity index (χ0v) is 14.8. The van der Waals surface area contributed by atoms with Crippen LogP contribution >= 0.6 is 0 Å². The van der Waals surface area contributed by atoms with E-state index in [1.54, 1.807) is 0 Å². The lowest BCUT2D eigenvalue weighted by Gasteiger charge is -2.27. The van der Waals surface area contributed by atoms with Crippen molar-refractivity contribution in [1.29, 1.82) is 0 Å². The van der Waals surface area contributed by atoms with Crippen molar-refractivity contribution in [1.82, 2.24) is 0 Å². The van der Waals surface area contributed by atoms with Gasteiger partial charge in [-0.1, -0.05) is 55.5 Å². The molecule has 0 saturated heterocycles. The highest BCUT2D eigenvalue weighted by Gasteiger charge is 2.20. The lowest BCUT2D eigenvalue weighted by molar-refractivity contribution is 0.125. The molecule has 126 valence electrons. The van der Waals surface area contributed by atoms with Crippen molar-refractivity contribution in [3.8, 4) is 0 Å². The fourth-order valence-electron chi connectivity index (χ4n) is 3.37. The van der Waals surface area contributed by atoms with E-state index in [2.05, 4.69) is 55.5 Å². The summed E-state index contributed by atoms with van der Waals surface area (Å²) in [5.74, 6) is 1.57. The molecule has 1 aliphatic rings. The van der Waals surface area contributed by atoms with Gasteiger partial charge < -0.3 is 4.74 Å². The van der Waals surface area contributed by atoms with Crippen LogP contribution in [0.3, 0.4) is 0 Å². The van der Waals surface area contributed by atoms with Crippen LogP contribution < -0.4 is 0 Å². The topological polar surface area (TPSA) is 9.23 Å². The van der Waals surface area contributed by atoms with Crippen LogP contribution in [0.1, 0.15) is 69.4 Å². The van der Waals surface area contributed by atoms with Crippen molar-refractivity contribution < 1.29 is 4.74 Å². The fraction of sp³-hybridized carbons (Fsp3) is 0.545. The van der Waals surface area contributed by atoms with E-state index in [0.717, 1.165) is 37.9 Å². The highest BCUT2D eigenvalue weighted by molar-refractivity contribution is 5.25. The van der Waals surface area contributed by atoms with Crippen LogP contribution in [0.25, 0.3) is 0 Å². The van der Waals surface area contributed by atoms with Gasteiger partial charge in [-0.3, -0.25) is 0 Å². The normalized spacial score (nSPS) is 22.2. The van der Waals surface area contributed by atoms with Crippen molar-refractivity contribution in [2.24, 2.45) is 5.92 Å². The number of allylic oxidation sites excluding steroid dienone is 3. The highest BCUT2D eigenvalue weighted by atomic mass is 16.5. The van der Waals surface area contributed by atoms with Gasteiger partial charge in [0, 0.05) is 0 Å². The van der Waals surface area contributed by atoms with Gasteiger partial charge in [0.15, 0.2) is 0 Å². The molecule has 0 amide bonds. The number of rotatable bonds is 8. The maximum atomic E-state index is 5.70. The maximum Gasteiger partial charge on any atom is 0.0717 e. The van der Waals surface area contributed by atoms with Gasteiger partial charge in [0.1, 0.15) is 0 Å². The summed E-state index contributed by atoms with van der Waals surface area (Å²) in [7, 11) is 0. The lowest BCUT2D eigenvalue weighted by atomic mass is 9.78. The summed E-state index contributed by atoms with van der Waals surface area (Å²) in [5, 5.41) is 0. The first-order valence-electron chi connectivity index (χ1n) is 9.27. The van der Waals surface area contributed by atoms with Gasteiger partial charge in [-0.2, -0.15) is 0 Å².